The Labute approximate surface area is 342 Å². The standard InChI is InChI=1S/C49H94O6/c1-6-8-9-10-11-17-24-29-34-39-47(50)53-42-46(55-49(52)41-36-31-26-21-16-15-19-23-28-33-38-45(5)7-2)43-54-48(51)40-35-30-25-20-14-12-13-18-22-27-32-37-44(3)4/h44-46H,6-43H2,1-5H3/t45?,46-/m0/s1. The number of carbonyl (C=O) groups excluding carboxylic acids is 3. The summed E-state index contributed by atoms with van der Waals surface area (Å²) in [5.41, 5.74) is 0. The summed E-state index contributed by atoms with van der Waals surface area (Å²) in [6.45, 7) is 11.4. The van der Waals surface area contributed by atoms with Gasteiger partial charge in [0.1, 0.15) is 13.2 Å². The SMILES string of the molecule is CCCCCCCCCCCC(=O)OC[C@@H](COC(=O)CCCCCCCCCCCCCC(C)C)OC(=O)CCCCCCCCCCCCC(C)CC. The molecule has 0 saturated heterocycles. The molecule has 0 amide bonds. The van der Waals surface area contributed by atoms with Crippen LogP contribution in [0.25, 0.3) is 0 Å². The van der Waals surface area contributed by atoms with Gasteiger partial charge in [-0.2, -0.15) is 0 Å². The number of hydrogen-bond donors (Lipinski definition) is 0. The fraction of sp³-hybridized carbons (Fsp3) is 0.939. The first-order chi connectivity index (χ1) is 26.8. The average molecular weight is 779 g/mol. The average Bonchev–Trinajstić information content (AvgIpc) is 3.17. The third-order valence-corrected chi connectivity index (χ3v) is 11.3. The van der Waals surface area contributed by atoms with Gasteiger partial charge in [-0.15, -0.1) is 0 Å². The Hall–Kier alpha value is -1.59. The van der Waals surface area contributed by atoms with Gasteiger partial charge in [-0.1, -0.05) is 227 Å². The maximum atomic E-state index is 12.7. The van der Waals surface area contributed by atoms with Gasteiger partial charge in [0.05, 0.1) is 0 Å². The topological polar surface area (TPSA) is 78.9 Å². The second-order valence-corrected chi connectivity index (χ2v) is 17.5. The molecule has 0 bridgehead atoms. The van der Waals surface area contributed by atoms with Gasteiger partial charge in [-0.25, -0.2) is 0 Å². The lowest BCUT2D eigenvalue weighted by Crippen LogP contribution is -2.30. The maximum Gasteiger partial charge on any atom is 0.306 e. The van der Waals surface area contributed by atoms with E-state index in [0.29, 0.717) is 19.3 Å². The molecule has 6 nitrogen and oxygen atoms in total. The summed E-state index contributed by atoms with van der Waals surface area (Å²) < 4.78 is 16.7. The lowest BCUT2D eigenvalue weighted by Gasteiger charge is -2.18. The zero-order valence-corrected chi connectivity index (χ0v) is 37.6. The van der Waals surface area contributed by atoms with Crippen molar-refractivity contribution in [3.8, 4) is 0 Å². The first kappa shape index (κ1) is 53.4. The number of hydrogen-bond acceptors (Lipinski definition) is 6. The van der Waals surface area contributed by atoms with Crippen LogP contribution in [0.4, 0.5) is 0 Å². The summed E-state index contributed by atoms with van der Waals surface area (Å²) in [5.74, 6) is 0.839. The van der Waals surface area contributed by atoms with Crippen molar-refractivity contribution in [1.29, 1.82) is 0 Å². The van der Waals surface area contributed by atoms with Crippen LogP contribution in [-0.4, -0.2) is 37.2 Å². The van der Waals surface area contributed by atoms with Gasteiger partial charge >= 0.3 is 17.9 Å². The molecule has 55 heavy (non-hydrogen) atoms. The largest absolute Gasteiger partial charge is 0.462 e. The molecule has 0 rings (SSSR count). The molecule has 6 heteroatoms. The highest BCUT2D eigenvalue weighted by atomic mass is 16.6. The lowest BCUT2D eigenvalue weighted by atomic mass is 9.99. The summed E-state index contributed by atoms with van der Waals surface area (Å²) in [6, 6.07) is 0. The van der Waals surface area contributed by atoms with E-state index in [1.165, 1.54) is 154 Å². The lowest BCUT2D eigenvalue weighted by molar-refractivity contribution is -0.167. The van der Waals surface area contributed by atoms with E-state index >= 15 is 0 Å². The van der Waals surface area contributed by atoms with Crippen molar-refractivity contribution in [2.24, 2.45) is 11.8 Å². The van der Waals surface area contributed by atoms with Crippen molar-refractivity contribution in [3.05, 3.63) is 0 Å². The monoisotopic (exact) mass is 779 g/mol. The molecule has 0 N–H and O–H groups in total. The van der Waals surface area contributed by atoms with Crippen LogP contribution >= 0.6 is 0 Å². The Morgan fingerprint density at radius 2 is 0.691 bits per heavy atom. The van der Waals surface area contributed by atoms with Gasteiger partial charge in [0, 0.05) is 19.3 Å². The van der Waals surface area contributed by atoms with E-state index in [1.54, 1.807) is 0 Å². The molecule has 0 aromatic rings. The summed E-state index contributed by atoms with van der Waals surface area (Å²) in [6.07, 6.45) is 40.8. The van der Waals surface area contributed by atoms with Crippen molar-refractivity contribution in [1.82, 2.24) is 0 Å². The smallest absolute Gasteiger partial charge is 0.306 e. The molecule has 326 valence electrons. The van der Waals surface area contributed by atoms with Gasteiger partial charge < -0.3 is 14.2 Å². The molecular formula is C49H94O6. The molecule has 2 atom stereocenters. The molecule has 0 aliphatic heterocycles. The van der Waals surface area contributed by atoms with E-state index in [9.17, 15) is 14.4 Å². The first-order valence-electron chi connectivity index (χ1n) is 24.3. The third kappa shape index (κ3) is 41.9. The van der Waals surface area contributed by atoms with E-state index in [-0.39, 0.29) is 31.1 Å². The number of unbranched alkanes of at least 4 members (excludes halogenated alkanes) is 27. The fourth-order valence-electron chi connectivity index (χ4n) is 7.25. The molecule has 0 fully saturated rings. The molecule has 0 aromatic heterocycles. The van der Waals surface area contributed by atoms with E-state index in [4.69, 9.17) is 14.2 Å². The molecule has 0 radical (unpaired) electrons. The number of rotatable bonds is 43. The Morgan fingerprint density at radius 3 is 1.04 bits per heavy atom. The highest BCUT2D eigenvalue weighted by Gasteiger charge is 2.19. The van der Waals surface area contributed by atoms with Crippen LogP contribution in [0.5, 0.6) is 0 Å². The fourth-order valence-corrected chi connectivity index (χ4v) is 7.25. The second-order valence-electron chi connectivity index (χ2n) is 17.5. The normalized spacial score (nSPS) is 12.5. The Kier molecular flexibility index (Phi) is 40.8. The van der Waals surface area contributed by atoms with Crippen LogP contribution in [-0.2, 0) is 28.6 Å². The van der Waals surface area contributed by atoms with Gasteiger partial charge in [0.25, 0.3) is 0 Å². The van der Waals surface area contributed by atoms with Gasteiger partial charge in [0.15, 0.2) is 6.10 Å². The molecule has 0 aromatic carbocycles. The Bertz CT molecular complexity index is 841. The predicted octanol–water partition coefficient (Wildman–Crippen LogP) is 15.4. The Morgan fingerprint density at radius 1 is 0.382 bits per heavy atom. The van der Waals surface area contributed by atoms with Crippen LogP contribution in [0.15, 0.2) is 0 Å². The molecule has 0 aliphatic carbocycles. The number of carbonyl (C=O) groups is 3. The second kappa shape index (κ2) is 42.0. The van der Waals surface area contributed by atoms with Crippen LogP contribution < -0.4 is 0 Å². The van der Waals surface area contributed by atoms with Crippen LogP contribution in [0.1, 0.15) is 266 Å². The van der Waals surface area contributed by atoms with Crippen molar-refractivity contribution < 1.29 is 28.6 Å². The molecule has 0 spiro atoms. The van der Waals surface area contributed by atoms with Gasteiger partial charge in [-0.3, -0.25) is 14.4 Å². The van der Waals surface area contributed by atoms with Crippen molar-refractivity contribution in [2.45, 2.75) is 272 Å². The first-order valence-corrected chi connectivity index (χ1v) is 24.3. The van der Waals surface area contributed by atoms with E-state index < -0.39 is 6.10 Å². The zero-order chi connectivity index (χ0) is 40.5. The van der Waals surface area contributed by atoms with Crippen molar-refractivity contribution in [3.63, 3.8) is 0 Å². The van der Waals surface area contributed by atoms with Crippen LogP contribution in [0.3, 0.4) is 0 Å². The third-order valence-electron chi connectivity index (χ3n) is 11.3. The maximum absolute atomic E-state index is 12.7. The predicted molar refractivity (Wildman–Crippen MR) is 233 cm³/mol. The molecule has 1 unspecified atom stereocenters. The van der Waals surface area contributed by atoms with Crippen molar-refractivity contribution >= 4 is 17.9 Å². The molecule has 0 heterocycles. The van der Waals surface area contributed by atoms with Crippen molar-refractivity contribution in [2.75, 3.05) is 13.2 Å². The Balaban J connectivity index is 4.31. The summed E-state index contributed by atoms with van der Waals surface area (Å²) in [5, 5.41) is 0. The highest BCUT2D eigenvalue weighted by Crippen LogP contribution is 2.17. The number of ether oxygens (including phenoxy) is 3. The molecule has 0 aliphatic rings. The summed E-state index contributed by atoms with van der Waals surface area (Å²) in [7, 11) is 0. The zero-order valence-electron chi connectivity index (χ0n) is 37.6. The molecular weight excluding hydrogens is 685 g/mol. The van der Waals surface area contributed by atoms with E-state index in [2.05, 4.69) is 34.6 Å². The van der Waals surface area contributed by atoms with Gasteiger partial charge in [-0.05, 0) is 31.1 Å². The van der Waals surface area contributed by atoms with E-state index in [1.807, 2.05) is 0 Å². The van der Waals surface area contributed by atoms with Gasteiger partial charge in [0.2, 0.25) is 0 Å². The number of esters is 3. The quantitative estimate of drug-likeness (QED) is 0.0348. The highest BCUT2D eigenvalue weighted by molar-refractivity contribution is 5.71. The summed E-state index contributed by atoms with van der Waals surface area (Å²) >= 11 is 0. The van der Waals surface area contributed by atoms with E-state index in [0.717, 1.165) is 69.6 Å². The minimum absolute atomic E-state index is 0.0645. The molecule has 0 saturated carbocycles. The minimum Gasteiger partial charge on any atom is -0.462 e. The van der Waals surface area contributed by atoms with Crippen LogP contribution in [0.2, 0.25) is 0 Å². The minimum atomic E-state index is -0.760. The summed E-state index contributed by atoms with van der Waals surface area (Å²) in [4.78, 5) is 37.8. The van der Waals surface area contributed by atoms with Crippen LogP contribution in [0, 0.1) is 11.8 Å².